The number of hydrogen-bond acceptors (Lipinski definition) is 10. The Bertz CT molecular complexity index is 2350. The smallest absolute Gasteiger partial charge is 0.255 e. The molecule has 3 N–H and O–H groups in total. The molecular formula is C46H54Cl2FN9O5. The van der Waals surface area contributed by atoms with Gasteiger partial charge in [0.2, 0.25) is 17.7 Å². The minimum Gasteiger partial charge on any atom is -0.482 e. The van der Waals surface area contributed by atoms with Gasteiger partial charge in [-0.15, -0.1) is 0 Å². The van der Waals surface area contributed by atoms with Crippen LogP contribution in [0.2, 0.25) is 10.0 Å². The fourth-order valence-corrected chi connectivity index (χ4v) is 9.98. The number of ether oxygens (including phenoxy) is 1. The highest BCUT2D eigenvalue weighted by atomic mass is 35.5. The van der Waals surface area contributed by atoms with E-state index in [0.29, 0.717) is 36.4 Å². The first-order chi connectivity index (χ1) is 30.4. The fourth-order valence-electron chi connectivity index (χ4n) is 9.30. The molecule has 6 heterocycles. The van der Waals surface area contributed by atoms with Crippen molar-refractivity contribution in [3.8, 4) is 16.9 Å². The zero-order valence-corrected chi connectivity index (χ0v) is 37.1. The second kappa shape index (κ2) is 19.7. The summed E-state index contributed by atoms with van der Waals surface area (Å²) >= 11 is 12.5. The summed E-state index contributed by atoms with van der Waals surface area (Å²) in [6.45, 7) is 8.46. The number of nitrogens with zero attached hydrogens (tertiary/aromatic N) is 7. The molecule has 3 fully saturated rings. The number of anilines is 1. The summed E-state index contributed by atoms with van der Waals surface area (Å²) in [6, 6.07) is 9.89. The highest BCUT2D eigenvalue weighted by Crippen LogP contribution is 2.37. The summed E-state index contributed by atoms with van der Waals surface area (Å²) in [7, 11) is 0. The number of unbranched alkanes of at least 4 members (excludes halogenated alkanes) is 3. The van der Waals surface area contributed by atoms with Crippen LogP contribution in [0.15, 0.2) is 55.0 Å². The van der Waals surface area contributed by atoms with E-state index in [9.17, 15) is 23.6 Å². The van der Waals surface area contributed by atoms with Crippen LogP contribution in [0, 0.1) is 5.82 Å². The topological polar surface area (TPSA) is 159 Å². The van der Waals surface area contributed by atoms with E-state index in [1.165, 1.54) is 12.1 Å². The molecule has 14 nitrogen and oxygen atoms in total. The highest BCUT2D eigenvalue weighted by molar-refractivity contribution is 6.36. The maximum absolute atomic E-state index is 14.2. The first-order valence-electron chi connectivity index (χ1n) is 22.0. The largest absolute Gasteiger partial charge is 0.482 e. The predicted molar refractivity (Wildman–Crippen MR) is 238 cm³/mol. The van der Waals surface area contributed by atoms with Crippen molar-refractivity contribution in [2.75, 3.05) is 58.1 Å². The minimum atomic E-state index is -0.687. The SMILES string of the molecule is C[C@@H](Oc1cc(-c2cnn(C3CCN(CC(=O)N4CCN(CCCCCCc5cccc6c5CN(C5CCC(=O)NC5=O)C6=O)CC4)CC3)c2)cnc1N)c1c(Cl)ccc(F)c1Cl. The number of amides is 4. The average Bonchev–Trinajstić information content (AvgIpc) is 3.90. The Morgan fingerprint density at radius 2 is 1.73 bits per heavy atom. The summed E-state index contributed by atoms with van der Waals surface area (Å²) in [6.07, 6.45) is 12.3. The number of fused-ring (bicyclic) bond motifs is 1. The van der Waals surface area contributed by atoms with E-state index in [2.05, 4.69) is 31.3 Å². The van der Waals surface area contributed by atoms with Gasteiger partial charge in [-0.05, 0) is 87.4 Å². The van der Waals surface area contributed by atoms with Crippen molar-refractivity contribution in [3.05, 3.63) is 93.1 Å². The Morgan fingerprint density at radius 3 is 2.51 bits per heavy atom. The van der Waals surface area contributed by atoms with Crippen molar-refractivity contribution >= 4 is 52.6 Å². The predicted octanol–water partition coefficient (Wildman–Crippen LogP) is 6.46. The standard InChI is InChI=1S/C46H54Cl2FN9O5/c1-29(42-36(47)10-11-37(49)43(42)48)63-39-23-31(24-51-44(39)50)32-25-52-58(26-32)33-14-17-55(18-15-33)28-41(60)56-21-19-54(20-22-56)16-5-3-2-4-7-30-8-6-9-34-35(30)27-57(46(34)62)38-12-13-40(59)53-45(38)61/h6,8-11,23-26,29,33,38H,2-5,7,12-22,27-28H2,1H3,(H2,50,51)(H,53,59,61)/t29-,38?/m1/s1. The Morgan fingerprint density at radius 1 is 0.952 bits per heavy atom. The van der Waals surface area contributed by atoms with Gasteiger partial charge in [-0.3, -0.25) is 39.0 Å². The first kappa shape index (κ1) is 44.5. The molecule has 3 saturated heterocycles. The second-order valence-electron chi connectivity index (χ2n) is 17.1. The molecular weight excluding hydrogens is 848 g/mol. The molecule has 4 amide bonds. The van der Waals surface area contributed by atoms with Crippen LogP contribution in [0.4, 0.5) is 10.2 Å². The van der Waals surface area contributed by atoms with Crippen LogP contribution in [-0.4, -0.2) is 116 Å². The summed E-state index contributed by atoms with van der Waals surface area (Å²) in [5, 5.41) is 7.24. The van der Waals surface area contributed by atoms with Crippen molar-refractivity contribution in [3.63, 3.8) is 0 Å². The van der Waals surface area contributed by atoms with Gasteiger partial charge in [0.05, 0.1) is 23.8 Å². The van der Waals surface area contributed by atoms with E-state index in [1.54, 1.807) is 30.3 Å². The Balaban J connectivity index is 0.721. The quantitative estimate of drug-likeness (QED) is 0.0771. The van der Waals surface area contributed by atoms with Crippen LogP contribution in [0.5, 0.6) is 5.75 Å². The molecule has 0 aliphatic carbocycles. The monoisotopic (exact) mass is 901 g/mol. The number of nitrogens with two attached hydrogens (primary N) is 1. The van der Waals surface area contributed by atoms with Gasteiger partial charge < -0.3 is 20.3 Å². The van der Waals surface area contributed by atoms with E-state index in [1.807, 2.05) is 27.9 Å². The number of carbonyl (C=O) groups excluding carboxylic acids is 4. The van der Waals surface area contributed by atoms with Gasteiger partial charge in [-0.2, -0.15) is 5.10 Å². The lowest BCUT2D eigenvalue weighted by Gasteiger charge is -2.37. The number of aromatic nitrogens is 3. The lowest BCUT2D eigenvalue weighted by Crippen LogP contribution is -2.52. The number of nitrogens with one attached hydrogen (secondary N) is 1. The molecule has 4 aromatic rings. The highest BCUT2D eigenvalue weighted by Gasteiger charge is 2.39. The van der Waals surface area contributed by atoms with E-state index in [-0.39, 0.29) is 52.0 Å². The number of imide groups is 1. The Hall–Kier alpha value is -5.09. The molecule has 334 valence electrons. The average molecular weight is 903 g/mol. The number of hydrogen-bond donors (Lipinski definition) is 2. The molecule has 0 spiro atoms. The molecule has 0 saturated carbocycles. The number of aryl methyl sites for hydroxylation is 1. The summed E-state index contributed by atoms with van der Waals surface area (Å²) in [5.74, 6) is -0.683. The molecule has 17 heteroatoms. The van der Waals surface area contributed by atoms with Gasteiger partial charge in [-0.1, -0.05) is 48.2 Å². The van der Waals surface area contributed by atoms with E-state index in [4.69, 9.17) is 33.7 Å². The third-order valence-corrected chi connectivity index (χ3v) is 13.7. The van der Waals surface area contributed by atoms with Gasteiger partial charge >= 0.3 is 0 Å². The normalized spacial score (nSPS) is 19.4. The number of halogens is 3. The molecule has 0 bridgehead atoms. The van der Waals surface area contributed by atoms with E-state index in [0.717, 1.165) is 113 Å². The lowest BCUT2D eigenvalue weighted by molar-refractivity contribution is -0.137. The number of carbonyl (C=O) groups is 4. The molecule has 63 heavy (non-hydrogen) atoms. The minimum absolute atomic E-state index is 0.0982. The van der Waals surface area contributed by atoms with Gasteiger partial charge in [0.25, 0.3) is 5.91 Å². The molecule has 2 aromatic carbocycles. The van der Waals surface area contributed by atoms with Gasteiger partial charge in [0, 0.05) is 91.9 Å². The summed E-state index contributed by atoms with van der Waals surface area (Å²) < 4.78 is 22.2. The van der Waals surface area contributed by atoms with Gasteiger partial charge in [-0.25, -0.2) is 9.37 Å². The summed E-state index contributed by atoms with van der Waals surface area (Å²) in [4.78, 5) is 63.3. The van der Waals surface area contributed by atoms with Crippen LogP contribution in [0.3, 0.4) is 0 Å². The molecule has 4 aliphatic heterocycles. The first-order valence-corrected chi connectivity index (χ1v) is 22.8. The van der Waals surface area contributed by atoms with Crippen LogP contribution in [0.1, 0.15) is 97.5 Å². The van der Waals surface area contributed by atoms with Crippen molar-refractivity contribution in [1.82, 2.24) is 39.7 Å². The Labute approximate surface area is 376 Å². The maximum atomic E-state index is 14.2. The fraction of sp³-hybridized carbons (Fsp3) is 0.478. The molecule has 0 radical (unpaired) electrons. The van der Waals surface area contributed by atoms with Crippen LogP contribution in [-0.2, 0) is 27.3 Å². The number of pyridine rings is 1. The zero-order valence-electron chi connectivity index (χ0n) is 35.5. The van der Waals surface area contributed by atoms with Crippen molar-refractivity contribution in [2.45, 2.75) is 89.4 Å². The molecule has 2 atom stereocenters. The number of likely N-dealkylation sites (tertiary alicyclic amines) is 1. The zero-order chi connectivity index (χ0) is 44.2. The van der Waals surface area contributed by atoms with Crippen molar-refractivity contribution in [1.29, 1.82) is 0 Å². The lowest BCUT2D eigenvalue weighted by atomic mass is 9.98. The molecule has 4 aliphatic rings. The molecule has 8 rings (SSSR count). The second-order valence-corrected chi connectivity index (χ2v) is 17.9. The van der Waals surface area contributed by atoms with Crippen molar-refractivity contribution in [2.24, 2.45) is 0 Å². The molecule has 1 unspecified atom stereocenters. The number of benzene rings is 2. The third kappa shape index (κ3) is 10.2. The van der Waals surface area contributed by atoms with Gasteiger partial charge in [0.15, 0.2) is 11.6 Å². The number of nitrogen functional groups attached to an aromatic ring is 1. The number of rotatable bonds is 15. The maximum Gasteiger partial charge on any atom is 0.255 e. The molecule has 2 aromatic heterocycles. The number of piperazine rings is 1. The van der Waals surface area contributed by atoms with Crippen LogP contribution in [0.25, 0.3) is 11.1 Å². The summed E-state index contributed by atoms with van der Waals surface area (Å²) in [5.41, 5.74) is 11.0. The van der Waals surface area contributed by atoms with Crippen molar-refractivity contribution < 1.29 is 28.3 Å². The van der Waals surface area contributed by atoms with Crippen LogP contribution < -0.4 is 15.8 Å². The van der Waals surface area contributed by atoms with E-state index >= 15 is 0 Å². The third-order valence-electron chi connectivity index (χ3n) is 13.0. The van der Waals surface area contributed by atoms with E-state index < -0.39 is 18.0 Å². The Kier molecular flexibility index (Phi) is 14.0. The van der Waals surface area contributed by atoms with Crippen LogP contribution >= 0.6 is 23.2 Å². The van der Waals surface area contributed by atoms with Gasteiger partial charge in [0.1, 0.15) is 18.0 Å². The number of piperidine rings is 2.